The maximum absolute atomic E-state index is 12.2. The van der Waals surface area contributed by atoms with E-state index in [1.54, 1.807) is 24.3 Å². The number of carbonyl (C=O) groups excluding carboxylic acids is 1. The highest BCUT2D eigenvalue weighted by molar-refractivity contribution is 8.11. The van der Waals surface area contributed by atoms with Gasteiger partial charge in [-0.1, -0.05) is 24.3 Å². The summed E-state index contributed by atoms with van der Waals surface area (Å²) in [5.41, 5.74) is 1.31. The third-order valence-corrected chi connectivity index (χ3v) is 3.01. The Morgan fingerprint density at radius 3 is 2.64 bits per heavy atom. The molecule has 0 unspecified atom stereocenters. The molecule has 0 aromatic heterocycles. The highest BCUT2D eigenvalue weighted by atomic mass is 32.2. The molecule has 76 valence electrons. The molecule has 1 nitrogen and oxygen atoms in total. The molecule has 0 aliphatic carbocycles. The largest absolute Gasteiger partial charge is 0.303 e. The summed E-state index contributed by atoms with van der Waals surface area (Å²) in [6, 6.07) is 6.71. The zero-order chi connectivity index (χ0) is 10.4. The number of hydrogen-bond donors (Lipinski definition) is 0. The van der Waals surface area contributed by atoms with Crippen molar-refractivity contribution in [3.63, 3.8) is 0 Å². The third kappa shape index (κ3) is 2.99. The Hall–Kier alpha value is -0.550. The van der Waals surface area contributed by atoms with Crippen LogP contribution in [0.2, 0.25) is 0 Å². The highest BCUT2D eigenvalue weighted by Crippen LogP contribution is 2.40. The molecule has 0 saturated carbocycles. The average Bonchev–Trinajstić information content (AvgIpc) is 2.21. The summed E-state index contributed by atoms with van der Waals surface area (Å²) in [6.45, 7) is 0. The zero-order valence-corrected chi connectivity index (χ0v) is 8.78. The normalized spacial score (nSPS) is 10.5. The molecule has 0 spiro atoms. The topological polar surface area (TPSA) is 17.1 Å². The van der Waals surface area contributed by atoms with Crippen LogP contribution in [0.15, 0.2) is 24.3 Å². The Morgan fingerprint density at radius 2 is 2.07 bits per heavy atom. The molecule has 0 fully saturated rings. The number of rotatable bonds is 5. The van der Waals surface area contributed by atoms with E-state index in [0.29, 0.717) is 5.56 Å². The van der Waals surface area contributed by atoms with E-state index in [1.807, 2.05) is 0 Å². The molecular weight excluding hydrogens is 226 g/mol. The fraction of sp³-hybridized carbons (Fsp3) is 0.222. The van der Waals surface area contributed by atoms with Gasteiger partial charge in [0.05, 0.1) is 24.3 Å². The first-order chi connectivity index (χ1) is 6.81. The molecular formula is C9H8F2OS2. The molecule has 0 N–H and O–H groups in total. The molecule has 5 heteroatoms. The van der Waals surface area contributed by atoms with E-state index >= 15 is 0 Å². The van der Waals surface area contributed by atoms with Gasteiger partial charge in [0, 0.05) is 6.42 Å². The second-order valence-corrected chi connectivity index (χ2v) is 4.22. The van der Waals surface area contributed by atoms with Crippen molar-refractivity contribution in [2.45, 2.75) is 11.0 Å². The highest BCUT2D eigenvalue weighted by Gasteiger charge is 2.13. The van der Waals surface area contributed by atoms with Crippen LogP contribution in [-0.2, 0) is 11.2 Å². The minimum atomic E-state index is -0.860. The fourth-order valence-electron chi connectivity index (χ4n) is 1.08. The number of halogens is 2. The summed E-state index contributed by atoms with van der Waals surface area (Å²) in [6.07, 6.45) is 1.04. The van der Waals surface area contributed by atoms with E-state index in [1.165, 1.54) is 0 Å². The van der Waals surface area contributed by atoms with Crippen molar-refractivity contribution >= 4 is 30.6 Å². The maximum atomic E-state index is 12.2. The Labute approximate surface area is 89.9 Å². The van der Waals surface area contributed by atoms with Crippen molar-refractivity contribution in [2.75, 3.05) is 0 Å². The molecule has 1 rings (SSSR count). The molecule has 0 aliphatic heterocycles. The van der Waals surface area contributed by atoms with E-state index in [4.69, 9.17) is 0 Å². The van der Waals surface area contributed by atoms with E-state index < -0.39 is 4.58 Å². The number of carbonyl (C=O) groups is 1. The minimum absolute atomic E-state index is 0.0506. The fourth-order valence-corrected chi connectivity index (χ4v) is 1.69. The van der Waals surface area contributed by atoms with Crippen molar-refractivity contribution < 1.29 is 12.6 Å². The second-order valence-electron chi connectivity index (χ2n) is 2.63. The van der Waals surface area contributed by atoms with E-state index in [9.17, 15) is 12.6 Å². The first kappa shape index (κ1) is 11.5. The summed E-state index contributed by atoms with van der Waals surface area (Å²) in [7, 11) is 0. The van der Waals surface area contributed by atoms with Gasteiger partial charge in [0.2, 0.25) is 0 Å². The van der Waals surface area contributed by atoms with Gasteiger partial charge in [-0.15, -0.1) is 0 Å². The van der Waals surface area contributed by atoms with Gasteiger partial charge in [0.1, 0.15) is 10.9 Å². The van der Waals surface area contributed by atoms with Crippen LogP contribution in [0, 0.1) is 0 Å². The van der Waals surface area contributed by atoms with Crippen LogP contribution in [0.4, 0.5) is 7.77 Å². The molecule has 0 radical (unpaired) electrons. The van der Waals surface area contributed by atoms with E-state index in [0.717, 1.165) is 11.8 Å². The van der Waals surface area contributed by atoms with Gasteiger partial charge in [-0.2, -0.15) is 7.77 Å². The lowest BCUT2D eigenvalue weighted by Gasteiger charge is -2.07. The van der Waals surface area contributed by atoms with Crippen LogP contribution in [-0.4, -0.2) is 6.29 Å². The van der Waals surface area contributed by atoms with Gasteiger partial charge in [-0.25, -0.2) is 0 Å². The SMILES string of the molecule is O=CCc1cccc(C(SF)SF)c1. The van der Waals surface area contributed by atoms with Gasteiger partial charge < -0.3 is 4.79 Å². The first-order valence-corrected chi connectivity index (χ1v) is 5.45. The molecule has 1 aromatic rings. The number of benzene rings is 1. The van der Waals surface area contributed by atoms with Gasteiger partial charge in [-0.3, -0.25) is 0 Å². The second kappa shape index (κ2) is 6.03. The number of aldehydes is 1. The lowest BCUT2D eigenvalue weighted by molar-refractivity contribution is -0.107. The molecule has 14 heavy (non-hydrogen) atoms. The Morgan fingerprint density at radius 1 is 1.36 bits per heavy atom. The summed E-state index contributed by atoms with van der Waals surface area (Å²) in [5, 5.41) is 0. The Balaban J connectivity index is 2.86. The van der Waals surface area contributed by atoms with Gasteiger partial charge in [-0.05, 0) is 11.1 Å². The van der Waals surface area contributed by atoms with Crippen molar-refractivity contribution in [1.82, 2.24) is 0 Å². The van der Waals surface area contributed by atoms with Gasteiger partial charge in [0.15, 0.2) is 0 Å². The van der Waals surface area contributed by atoms with Crippen LogP contribution < -0.4 is 0 Å². The lowest BCUT2D eigenvalue weighted by Crippen LogP contribution is -1.90. The molecule has 0 bridgehead atoms. The predicted molar refractivity (Wildman–Crippen MR) is 56.3 cm³/mol. The summed E-state index contributed by atoms with van der Waals surface area (Å²) >= 11 is -0.101. The molecule has 0 aliphatic rings. The summed E-state index contributed by atoms with van der Waals surface area (Å²) in [4.78, 5) is 10.2. The smallest absolute Gasteiger partial charge is 0.138 e. The van der Waals surface area contributed by atoms with Crippen LogP contribution in [0.1, 0.15) is 15.7 Å². The van der Waals surface area contributed by atoms with E-state index in [2.05, 4.69) is 0 Å². The third-order valence-electron chi connectivity index (χ3n) is 1.70. The molecule has 1 aromatic carbocycles. The van der Waals surface area contributed by atoms with Crippen molar-refractivity contribution in [1.29, 1.82) is 0 Å². The van der Waals surface area contributed by atoms with Crippen LogP contribution in [0.5, 0.6) is 0 Å². The van der Waals surface area contributed by atoms with Crippen LogP contribution in [0.25, 0.3) is 0 Å². The van der Waals surface area contributed by atoms with Crippen molar-refractivity contribution in [3.05, 3.63) is 35.4 Å². The standard InChI is InChI=1S/C9H8F2OS2/c10-13-9(14-11)8-3-1-2-7(6-8)4-5-12/h1-3,5-6,9H,4H2. The molecule has 0 amide bonds. The monoisotopic (exact) mass is 234 g/mol. The average molecular weight is 234 g/mol. The minimum Gasteiger partial charge on any atom is -0.303 e. The van der Waals surface area contributed by atoms with Crippen molar-refractivity contribution in [3.8, 4) is 0 Å². The Kier molecular flexibility index (Phi) is 4.97. The Bertz CT molecular complexity index is 303. The molecule has 0 atom stereocenters. The molecule has 0 saturated heterocycles. The lowest BCUT2D eigenvalue weighted by atomic mass is 10.1. The van der Waals surface area contributed by atoms with Crippen LogP contribution in [0.3, 0.4) is 0 Å². The van der Waals surface area contributed by atoms with Crippen LogP contribution >= 0.6 is 24.3 Å². The maximum Gasteiger partial charge on any atom is 0.138 e. The van der Waals surface area contributed by atoms with Crippen molar-refractivity contribution in [2.24, 2.45) is 0 Å². The predicted octanol–water partition coefficient (Wildman–Crippen LogP) is 3.66. The van der Waals surface area contributed by atoms with E-state index in [-0.39, 0.29) is 30.7 Å². The number of hydrogen-bond acceptors (Lipinski definition) is 3. The summed E-state index contributed by atoms with van der Waals surface area (Å²) < 4.78 is 23.6. The summed E-state index contributed by atoms with van der Waals surface area (Å²) in [5.74, 6) is 0. The van der Waals surface area contributed by atoms with Gasteiger partial charge in [0.25, 0.3) is 0 Å². The van der Waals surface area contributed by atoms with Gasteiger partial charge >= 0.3 is 0 Å². The molecule has 0 heterocycles. The zero-order valence-electron chi connectivity index (χ0n) is 7.15. The quantitative estimate of drug-likeness (QED) is 0.571. The first-order valence-electron chi connectivity index (χ1n) is 3.89.